The van der Waals surface area contributed by atoms with E-state index in [0.29, 0.717) is 43.8 Å². The number of non-ortho nitro benzene ring substituents is 1. The topological polar surface area (TPSA) is 96.9 Å². The minimum Gasteiger partial charge on any atom is -0.467 e. The minimum atomic E-state index is -0.473. The van der Waals surface area contributed by atoms with E-state index in [-0.39, 0.29) is 24.0 Å². The molecule has 0 atom stereocenters. The largest absolute Gasteiger partial charge is 0.467 e. The van der Waals surface area contributed by atoms with Crippen LogP contribution in [0.4, 0.5) is 5.69 Å². The molecule has 8 nitrogen and oxygen atoms in total. The second-order valence-corrected chi connectivity index (χ2v) is 8.07. The Morgan fingerprint density at radius 1 is 0.971 bits per heavy atom. The van der Waals surface area contributed by atoms with Crippen LogP contribution in [0.25, 0.3) is 6.08 Å². The van der Waals surface area contributed by atoms with E-state index >= 15 is 0 Å². The summed E-state index contributed by atoms with van der Waals surface area (Å²) in [7, 11) is 0. The van der Waals surface area contributed by atoms with Crippen molar-refractivity contribution >= 4 is 23.6 Å². The van der Waals surface area contributed by atoms with Gasteiger partial charge in [-0.25, -0.2) is 0 Å². The van der Waals surface area contributed by atoms with Gasteiger partial charge in [0.25, 0.3) is 5.69 Å². The summed E-state index contributed by atoms with van der Waals surface area (Å²) in [5, 5.41) is 10.8. The van der Waals surface area contributed by atoms with Crippen LogP contribution in [0.3, 0.4) is 0 Å². The molecule has 0 unspecified atom stereocenters. The second kappa shape index (κ2) is 12.9. The molecule has 0 aliphatic heterocycles. The normalized spacial score (nSPS) is 10.9. The molecule has 0 saturated carbocycles. The smallest absolute Gasteiger partial charge is 0.269 e. The first-order chi connectivity index (χ1) is 17.0. The molecular weight excluding hydrogens is 446 g/mol. The Hall–Kier alpha value is -4.20. The van der Waals surface area contributed by atoms with Gasteiger partial charge in [0.15, 0.2) is 0 Å². The molecule has 0 aliphatic carbocycles. The summed E-state index contributed by atoms with van der Waals surface area (Å²) in [5.41, 5.74) is 1.77. The van der Waals surface area contributed by atoms with Gasteiger partial charge < -0.3 is 14.2 Å². The first-order valence-electron chi connectivity index (χ1n) is 11.5. The molecule has 1 heterocycles. The summed E-state index contributed by atoms with van der Waals surface area (Å²) in [4.78, 5) is 39.7. The fourth-order valence-corrected chi connectivity index (χ4v) is 3.57. The highest BCUT2D eigenvalue weighted by molar-refractivity contribution is 5.94. The van der Waals surface area contributed by atoms with Gasteiger partial charge in [-0.1, -0.05) is 37.3 Å². The van der Waals surface area contributed by atoms with Crippen LogP contribution < -0.4 is 0 Å². The first kappa shape index (κ1) is 25.4. The number of furan rings is 1. The maximum atomic E-state index is 13.3. The van der Waals surface area contributed by atoms with Gasteiger partial charge in [-0.2, -0.15) is 0 Å². The minimum absolute atomic E-state index is 0.0150. The maximum absolute atomic E-state index is 13.3. The van der Waals surface area contributed by atoms with E-state index < -0.39 is 4.92 Å². The molecule has 0 N–H and O–H groups in total. The van der Waals surface area contributed by atoms with Crippen LogP contribution in [0.1, 0.15) is 30.2 Å². The second-order valence-electron chi connectivity index (χ2n) is 8.07. The van der Waals surface area contributed by atoms with Crippen LogP contribution >= 0.6 is 0 Å². The summed E-state index contributed by atoms with van der Waals surface area (Å²) in [6.07, 6.45) is 5.95. The molecule has 2 amide bonds. The molecular formula is C27H29N3O5. The fourth-order valence-electron chi connectivity index (χ4n) is 3.57. The lowest BCUT2D eigenvalue weighted by atomic mass is 10.1. The van der Waals surface area contributed by atoms with Gasteiger partial charge in [0.1, 0.15) is 12.3 Å². The number of nitro groups is 1. The highest BCUT2D eigenvalue weighted by Gasteiger charge is 2.21. The molecule has 0 fully saturated rings. The number of rotatable bonds is 12. The third-order valence-electron chi connectivity index (χ3n) is 5.45. The van der Waals surface area contributed by atoms with E-state index in [4.69, 9.17) is 4.42 Å². The van der Waals surface area contributed by atoms with Crippen molar-refractivity contribution in [3.05, 3.63) is 106 Å². The molecule has 35 heavy (non-hydrogen) atoms. The standard InChI is InChI=1S/C27H29N3O5/c1-2-17-28(26(31)15-12-23-10-13-24(14-11-23)30(33)34)21-27(32)29(20-25-9-6-19-35-25)18-16-22-7-4-3-5-8-22/h3-15,19H,2,16-18,20-21H2,1H3. The predicted octanol–water partition coefficient (Wildman–Crippen LogP) is 4.71. The highest BCUT2D eigenvalue weighted by atomic mass is 16.6. The lowest BCUT2D eigenvalue weighted by molar-refractivity contribution is -0.384. The first-order valence-corrected chi connectivity index (χ1v) is 11.5. The molecule has 0 saturated heterocycles. The Morgan fingerprint density at radius 2 is 1.71 bits per heavy atom. The predicted molar refractivity (Wildman–Crippen MR) is 133 cm³/mol. The lowest BCUT2D eigenvalue weighted by Gasteiger charge is -2.26. The monoisotopic (exact) mass is 475 g/mol. The van der Waals surface area contributed by atoms with Gasteiger partial charge in [0.05, 0.1) is 17.7 Å². The molecule has 3 aromatic rings. The third-order valence-corrected chi connectivity index (χ3v) is 5.45. The number of nitrogens with zero attached hydrogens (tertiary/aromatic N) is 3. The number of hydrogen-bond donors (Lipinski definition) is 0. The van der Waals surface area contributed by atoms with Crippen molar-refractivity contribution in [3.8, 4) is 0 Å². The number of carbonyl (C=O) groups excluding carboxylic acids is 2. The molecule has 2 aromatic carbocycles. The van der Waals surface area contributed by atoms with Crippen molar-refractivity contribution in [3.63, 3.8) is 0 Å². The van der Waals surface area contributed by atoms with Crippen molar-refractivity contribution in [1.29, 1.82) is 0 Å². The summed E-state index contributed by atoms with van der Waals surface area (Å²) < 4.78 is 5.45. The Labute approximate surface area is 204 Å². The molecule has 1 aromatic heterocycles. The summed E-state index contributed by atoms with van der Waals surface area (Å²) in [6.45, 7) is 3.15. The van der Waals surface area contributed by atoms with Crippen LogP contribution in [0.5, 0.6) is 0 Å². The average molecular weight is 476 g/mol. The molecule has 3 rings (SSSR count). The van der Waals surface area contributed by atoms with Crippen LogP contribution in [0, 0.1) is 10.1 Å². The molecule has 182 valence electrons. The van der Waals surface area contributed by atoms with Gasteiger partial charge in [-0.15, -0.1) is 0 Å². The van der Waals surface area contributed by atoms with Crippen LogP contribution in [0.2, 0.25) is 0 Å². The van der Waals surface area contributed by atoms with Crippen molar-refractivity contribution in [2.75, 3.05) is 19.6 Å². The summed E-state index contributed by atoms with van der Waals surface area (Å²) in [5.74, 6) is 0.222. The number of benzene rings is 2. The van der Waals surface area contributed by atoms with E-state index in [2.05, 4.69) is 0 Å². The fraction of sp³-hybridized carbons (Fsp3) is 0.259. The van der Waals surface area contributed by atoms with Gasteiger partial charge in [0, 0.05) is 31.3 Å². The lowest BCUT2D eigenvalue weighted by Crippen LogP contribution is -2.43. The molecule has 8 heteroatoms. The Morgan fingerprint density at radius 3 is 2.34 bits per heavy atom. The maximum Gasteiger partial charge on any atom is 0.269 e. The van der Waals surface area contributed by atoms with E-state index in [0.717, 1.165) is 5.56 Å². The zero-order valence-corrected chi connectivity index (χ0v) is 19.7. The number of amides is 2. The number of nitro benzene ring substituents is 1. The zero-order valence-electron chi connectivity index (χ0n) is 19.7. The van der Waals surface area contributed by atoms with Crippen molar-refractivity contribution in [1.82, 2.24) is 9.80 Å². The number of hydrogen-bond acceptors (Lipinski definition) is 5. The van der Waals surface area contributed by atoms with Crippen LogP contribution in [-0.2, 0) is 22.6 Å². The van der Waals surface area contributed by atoms with Gasteiger partial charge in [0.2, 0.25) is 11.8 Å². The Bertz CT molecular complexity index is 1130. The van der Waals surface area contributed by atoms with Crippen molar-refractivity contribution < 1.29 is 18.9 Å². The SMILES string of the molecule is CCCN(CC(=O)N(CCc1ccccc1)Cc1ccco1)C(=O)C=Cc1ccc([N+](=O)[O-])cc1. The van der Waals surface area contributed by atoms with Crippen LogP contribution in [0.15, 0.2) is 83.5 Å². The van der Waals surface area contributed by atoms with Crippen molar-refractivity contribution in [2.45, 2.75) is 26.3 Å². The van der Waals surface area contributed by atoms with Gasteiger partial charge >= 0.3 is 0 Å². The molecule has 0 radical (unpaired) electrons. The average Bonchev–Trinajstić information content (AvgIpc) is 3.39. The van der Waals surface area contributed by atoms with Crippen LogP contribution in [-0.4, -0.2) is 46.2 Å². The van der Waals surface area contributed by atoms with Gasteiger partial charge in [-0.05, 0) is 54.3 Å². The Balaban J connectivity index is 1.67. The van der Waals surface area contributed by atoms with Crippen molar-refractivity contribution in [2.24, 2.45) is 0 Å². The zero-order chi connectivity index (χ0) is 25.0. The summed E-state index contributed by atoms with van der Waals surface area (Å²) >= 11 is 0. The van der Waals surface area contributed by atoms with E-state index in [9.17, 15) is 19.7 Å². The Kier molecular flexibility index (Phi) is 9.36. The quantitative estimate of drug-likeness (QED) is 0.215. The van der Waals surface area contributed by atoms with E-state index in [1.54, 1.807) is 35.4 Å². The van der Waals surface area contributed by atoms with E-state index in [1.807, 2.05) is 43.3 Å². The van der Waals surface area contributed by atoms with E-state index in [1.165, 1.54) is 23.1 Å². The summed E-state index contributed by atoms with van der Waals surface area (Å²) in [6, 6.07) is 19.4. The molecule has 0 bridgehead atoms. The third kappa shape index (κ3) is 7.96. The highest BCUT2D eigenvalue weighted by Crippen LogP contribution is 2.14. The number of carbonyl (C=O) groups is 2. The molecule has 0 aliphatic rings. The van der Waals surface area contributed by atoms with Gasteiger partial charge in [-0.3, -0.25) is 19.7 Å². The molecule has 0 spiro atoms.